The number of aliphatic carboxylic acids is 1. The number of carbonyl (C=O) groups excluding carboxylic acids is 1. The van der Waals surface area contributed by atoms with Crippen LogP contribution in [0.5, 0.6) is 0 Å². The van der Waals surface area contributed by atoms with Crippen LogP contribution in [0, 0.1) is 5.92 Å². The summed E-state index contributed by atoms with van der Waals surface area (Å²) in [5.41, 5.74) is 5.91. The molecule has 6 heteroatoms. The van der Waals surface area contributed by atoms with Gasteiger partial charge in [-0.25, -0.2) is 4.79 Å². The highest BCUT2D eigenvalue weighted by molar-refractivity contribution is 5.80. The van der Waals surface area contributed by atoms with Crippen molar-refractivity contribution in [1.29, 1.82) is 0 Å². The number of rotatable bonds is 4. The van der Waals surface area contributed by atoms with Crippen LogP contribution >= 0.6 is 0 Å². The predicted molar refractivity (Wildman–Crippen MR) is 61.2 cm³/mol. The molecule has 0 aromatic rings. The summed E-state index contributed by atoms with van der Waals surface area (Å²) in [6, 6.07) is -0.167. The van der Waals surface area contributed by atoms with E-state index in [0.29, 0.717) is 0 Å². The average molecular weight is 244 g/mol. The first-order chi connectivity index (χ1) is 8.02. The first-order valence-corrected chi connectivity index (χ1v) is 5.96. The second-order valence-electron chi connectivity index (χ2n) is 4.51. The van der Waals surface area contributed by atoms with Crippen LogP contribution in [0.15, 0.2) is 0 Å². The zero-order valence-electron chi connectivity index (χ0n) is 9.76. The van der Waals surface area contributed by atoms with Crippen molar-refractivity contribution in [3.8, 4) is 0 Å². The Kier molecular flexibility index (Phi) is 5.37. The summed E-state index contributed by atoms with van der Waals surface area (Å²) >= 11 is 0. The third-order valence-electron chi connectivity index (χ3n) is 3.16. The summed E-state index contributed by atoms with van der Waals surface area (Å²) in [7, 11) is 0. The molecule has 0 radical (unpaired) electrons. The Bertz CT molecular complexity index is 283. The number of aliphatic hydroxyl groups excluding tert-OH is 1. The van der Waals surface area contributed by atoms with E-state index >= 15 is 0 Å². The van der Waals surface area contributed by atoms with Gasteiger partial charge in [0.15, 0.2) is 6.10 Å². The second-order valence-corrected chi connectivity index (χ2v) is 4.51. The molecule has 1 aliphatic carbocycles. The molecular weight excluding hydrogens is 224 g/mol. The number of hydrogen-bond acceptors (Lipinski definition) is 4. The van der Waals surface area contributed by atoms with E-state index in [2.05, 4.69) is 5.32 Å². The highest BCUT2D eigenvalue weighted by atomic mass is 16.4. The van der Waals surface area contributed by atoms with Gasteiger partial charge in [-0.05, 0) is 12.8 Å². The maximum atomic E-state index is 11.8. The molecule has 1 rings (SSSR count). The molecule has 5 N–H and O–H groups in total. The van der Waals surface area contributed by atoms with Gasteiger partial charge in [-0.15, -0.1) is 0 Å². The number of aliphatic hydroxyl groups is 1. The number of hydrogen-bond donors (Lipinski definition) is 4. The van der Waals surface area contributed by atoms with Gasteiger partial charge in [0.1, 0.15) is 0 Å². The van der Waals surface area contributed by atoms with Crippen molar-refractivity contribution in [1.82, 2.24) is 5.32 Å². The fourth-order valence-corrected chi connectivity index (χ4v) is 2.08. The lowest BCUT2D eigenvalue weighted by Gasteiger charge is -2.20. The summed E-state index contributed by atoms with van der Waals surface area (Å²) in [5.74, 6) is -1.85. The molecule has 0 bridgehead atoms. The fourth-order valence-electron chi connectivity index (χ4n) is 2.08. The van der Waals surface area contributed by atoms with Crippen molar-refractivity contribution in [2.75, 3.05) is 6.54 Å². The van der Waals surface area contributed by atoms with Gasteiger partial charge in [0.2, 0.25) is 5.91 Å². The van der Waals surface area contributed by atoms with E-state index in [-0.39, 0.29) is 24.4 Å². The van der Waals surface area contributed by atoms with Crippen LogP contribution in [-0.4, -0.2) is 40.8 Å². The molecule has 3 atom stereocenters. The van der Waals surface area contributed by atoms with E-state index in [4.69, 9.17) is 15.9 Å². The Labute approximate surface area is 100 Å². The van der Waals surface area contributed by atoms with Crippen molar-refractivity contribution < 1.29 is 19.8 Å². The van der Waals surface area contributed by atoms with E-state index in [1.807, 2.05) is 0 Å². The maximum absolute atomic E-state index is 11.8. The van der Waals surface area contributed by atoms with Crippen molar-refractivity contribution >= 4 is 11.9 Å². The van der Waals surface area contributed by atoms with Gasteiger partial charge < -0.3 is 21.3 Å². The number of amides is 1. The monoisotopic (exact) mass is 244 g/mol. The summed E-state index contributed by atoms with van der Waals surface area (Å²) in [4.78, 5) is 22.2. The normalized spacial score (nSPS) is 26.9. The summed E-state index contributed by atoms with van der Waals surface area (Å²) in [6.45, 7) is -0.266. The minimum Gasteiger partial charge on any atom is -0.479 e. The van der Waals surface area contributed by atoms with Crippen LogP contribution < -0.4 is 11.1 Å². The van der Waals surface area contributed by atoms with Crippen LogP contribution in [-0.2, 0) is 9.59 Å². The third-order valence-corrected chi connectivity index (χ3v) is 3.16. The SMILES string of the molecule is NC1CCCCCC1C(=O)NC[C@H](O)C(=O)O. The Morgan fingerprint density at radius 1 is 1.29 bits per heavy atom. The quantitative estimate of drug-likeness (QED) is 0.496. The molecule has 0 aliphatic heterocycles. The minimum atomic E-state index is -1.55. The minimum absolute atomic E-state index is 0.167. The van der Waals surface area contributed by atoms with Crippen LogP contribution in [0.4, 0.5) is 0 Å². The summed E-state index contributed by atoms with van der Waals surface area (Å²) in [5, 5.41) is 20.0. The van der Waals surface area contributed by atoms with E-state index < -0.39 is 12.1 Å². The lowest BCUT2D eigenvalue weighted by Crippen LogP contribution is -2.44. The van der Waals surface area contributed by atoms with Crippen molar-refractivity contribution in [3.05, 3.63) is 0 Å². The molecule has 0 saturated heterocycles. The first kappa shape index (κ1) is 13.9. The predicted octanol–water partition coefficient (Wildman–Crippen LogP) is -0.544. The number of nitrogens with one attached hydrogen (secondary N) is 1. The summed E-state index contributed by atoms with van der Waals surface area (Å²) < 4.78 is 0. The molecule has 6 nitrogen and oxygen atoms in total. The van der Waals surface area contributed by atoms with Gasteiger partial charge in [-0.2, -0.15) is 0 Å². The van der Waals surface area contributed by atoms with Crippen molar-refractivity contribution in [3.63, 3.8) is 0 Å². The highest BCUT2D eigenvalue weighted by Crippen LogP contribution is 2.22. The molecule has 2 unspecified atom stereocenters. The number of nitrogens with two attached hydrogens (primary N) is 1. The largest absolute Gasteiger partial charge is 0.479 e. The Morgan fingerprint density at radius 3 is 2.59 bits per heavy atom. The van der Waals surface area contributed by atoms with Crippen molar-refractivity contribution in [2.45, 2.75) is 44.2 Å². The lowest BCUT2D eigenvalue weighted by molar-refractivity contribution is -0.146. The van der Waals surface area contributed by atoms with Crippen LogP contribution in [0.2, 0.25) is 0 Å². The molecule has 1 aliphatic rings. The molecule has 1 amide bonds. The molecular formula is C11H20N2O4. The fraction of sp³-hybridized carbons (Fsp3) is 0.818. The maximum Gasteiger partial charge on any atom is 0.334 e. The standard InChI is InChI=1S/C11H20N2O4/c12-8-5-3-1-2-4-7(8)10(15)13-6-9(14)11(16)17/h7-9,14H,1-6,12H2,(H,13,15)(H,16,17)/t7?,8?,9-/m0/s1. The molecule has 0 aromatic carbocycles. The number of carboxylic acids is 1. The molecule has 17 heavy (non-hydrogen) atoms. The summed E-state index contributed by atoms with van der Waals surface area (Å²) in [6.07, 6.45) is 3.07. The topological polar surface area (TPSA) is 113 Å². The highest BCUT2D eigenvalue weighted by Gasteiger charge is 2.27. The molecule has 0 aromatic heterocycles. The van der Waals surface area contributed by atoms with Crippen LogP contribution in [0.25, 0.3) is 0 Å². The molecule has 98 valence electrons. The van der Waals surface area contributed by atoms with E-state index in [1.165, 1.54) is 0 Å². The molecule has 1 fully saturated rings. The third kappa shape index (κ3) is 4.32. The van der Waals surface area contributed by atoms with Crippen LogP contribution in [0.1, 0.15) is 32.1 Å². The Morgan fingerprint density at radius 2 is 1.94 bits per heavy atom. The Balaban J connectivity index is 2.42. The van der Waals surface area contributed by atoms with E-state index in [9.17, 15) is 9.59 Å². The number of carboxylic acid groups (broad SMARTS) is 1. The van der Waals surface area contributed by atoms with Gasteiger partial charge in [0.05, 0.1) is 12.5 Å². The zero-order valence-corrected chi connectivity index (χ0v) is 9.76. The van der Waals surface area contributed by atoms with Gasteiger partial charge in [-0.3, -0.25) is 4.79 Å². The second kappa shape index (κ2) is 6.56. The average Bonchev–Trinajstić information content (AvgIpc) is 2.50. The molecule has 0 spiro atoms. The van der Waals surface area contributed by atoms with Crippen LogP contribution in [0.3, 0.4) is 0 Å². The van der Waals surface area contributed by atoms with Gasteiger partial charge in [0, 0.05) is 6.04 Å². The van der Waals surface area contributed by atoms with E-state index in [1.54, 1.807) is 0 Å². The van der Waals surface area contributed by atoms with E-state index in [0.717, 1.165) is 32.1 Å². The lowest BCUT2D eigenvalue weighted by atomic mass is 9.94. The first-order valence-electron chi connectivity index (χ1n) is 5.96. The van der Waals surface area contributed by atoms with Gasteiger partial charge in [-0.1, -0.05) is 19.3 Å². The molecule has 1 saturated carbocycles. The van der Waals surface area contributed by atoms with Gasteiger partial charge in [0.25, 0.3) is 0 Å². The van der Waals surface area contributed by atoms with Gasteiger partial charge >= 0.3 is 5.97 Å². The zero-order chi connectivity index (χ0) is 12.8. The molecule has 0 heterocycles. The van der Waals surface area contributed by atoms with Crippen molar-refractivity contribution in [2.24, 2.45) is 11.7 Å². The Hall–Kier alpha value is -1.14. The smallest absolute Gasteiger partial charge is 0.334 e. The number of carbonyl (C=O) groups is 2.